The molecule has 1 atom stereocenters. The van der Waals surface area contributed by atoms with Crippen molar-refractivity contribution in [3.63, 3.8) is 0 Å². The van der Waals surface area contributed by atoms with Gasteiger partial charge in [0.25, 0.3) is 0 Å². The van der Waals surface area contributed by atoms with E-state index in [4.69, 9.17) is 19.2 Å². The van der Waals surface area contributed by atoms with E-state index in [0.29, 0.717) is 26.4 Å². The number of aliphatic imine (C=N–C) groups is 1. The molecule has 7 nitrogen and oxygen atoms in total. The van der Waals surface area contributed by atoms with Gasteiger partial charge in [-0.05, 0) is 38.7 Å². The van der Waals surface area contributed by atoms with Crippen LogP contribution in [0.4, 0.5) is 0 Å². The first kappa shape index (κ1) is 24.6. The first-order valence-corrected chi connectivity index (χ1v) is 11.2. The lowest BCUT2D eigenvalue weighted by Gasteiger charge is -2.39. The number of benzene rings is 1. The maximum atomic E-state index is 5.64. The summed E-state index contributed by atoms with van der Waals surface area (Å²) in [4.78, 5) is 4.92. The molecule has 3 N–H and O–H groups in total. The Morgan fingerprint density at radius 1 is 1.13 bits per heavy atom. The predicted octanol–water partition coefficient (Wildman–Crippen LogP) is 2.49. The Morgan fingerprint density at radius 3 is 2.60 bits per heavy atom. The highest BCUT2D eigenvalue weighted by Gasteiger charge is 2.34. The van der Waals surface area contributed by atoms with Crippen LogP contribution in [-0.4, -0.2) is 71.3 Å². The van der Waals surface area contributed by atoms with Gasteiger partial charge in [0.1, 0.15) is 0 Å². The maximum Gasteiger partial charge on any atom is 0.191 e. The van der Waals surface area contributed by atoms with E-state index in [1.54, 1.807) is 7.11 Å². The molecule has 0 aromatic heterocycles. The normalized spacial score (nSPS) is 17.5. The molecule has 1 unspecified atom stereocenters. The van der Waals surface area contributed by atoms with Crippen molar-refractivity contribution in [2.75, 3.05) is 59.8 Å². The lowest BCUT2D eigenvalue weighted by molar-refractivity contribution is 0.0374. The lowest BCUT2D eigenvalue weighted by Crippen LogP contribution is -2.53. The van der Waals surface area contributed by atoms with Gasteiger partial charge < -0.3 is 30.2 Å². The first-order chi connectivity index (χ1) is 14.7. The average Bonchev–Trinajstić information content (AvgIpc) is 2.78. The molecule has 0 saturated carbocycles. The van der Waals surface area contributed by atoms with E-state index in [2.05, 4.69) is 60.1 Å². The Bertz CT molecular complexity index is 591. The zero-order valence-corrected chi connectivity index (χ0v) is 18.9. The van der Waals surface area contributed by atoms with E-state index in [-0.39, 0.29) is 11.6 Å². The molecule has 1 aliphatic heterocycles. The summed E-state index contributed by atoms with van der Waals surface area (Å²) in [6.45, 7) is 10.2. The van der Waals surface area contributed by atoms with Crippen LogP contribution in [0.3, 0.4) is 0 Å². The SMILES string of the molecule is CCNC(=NCC1(NC(C)c2ccccc2)CCOCC1)NCCCOCCOC. The van der Waals surface area contributed by atoms with Crippen molar-refractivity contribution in [3.05, 3.63) is 35.9 Å². The Kier molecular flexibility index (Phi) is 11.8. The van der Waals surface area contributed by atoms with Gasteiger partial charge in [0.15, 0.2) is 5.96 Å². The molecular formula is C23H40N4O3. The molecule has 1 saturated heterocycles. The van der Waals surface area contributed by atoms with E-state index in [0.717, 1.165) is 51.5 Å². The van der Waals surface area contributed by atoms with Crippen molar-refractivity contribution in [2.45, 2.75) is 44.7 Å². The van der Waals surface area contributed by atoms with E-state index in [1.165, 1.54) is 5.56 Å². The molecule has 0 radical (unpaired) electrons. The van der Waals surface area contributed by atoms with Crippen molar-refractivity contribution in [1.82, 2.24) is 16.0 Å². The van der Waals surface area contributed by atoms with Crippen LogP contribution >= 0.6 is 0 Å². The molecule has 0 bridgehead atoms. The largest absolute Gasteiger partial charge is 0.382 e. The summed E-state index contributed by atoms with van der Waals surface area (Å²) >= 11 is 0. The summed E-state index contributed by atoms with van der Waals surface area (Å²) in [6, 6.07) is 10.9. The van der Waals surface area contributed by atoms with E-state index in [1.807, 2.05) is 0 Å². The van der Waals surface area contributed by atoms with Gasteiger partial charge in [-0.2, -0.15) is 0 Å². The van der Waals surface area contributed by atoms with Crippen molar-refractivity contribution >= 4 is 5.96 Å². The second kappa shape index (κ2) is 14.4. The Hall–Kier alpha value is -1.67. The van der Waals surface area contributed by atoms with Crippen LogP contribution in [-0.2, 0) is 14.2 Å². The minimum absolute atomic E-state index is 0.0564. The van der Waals surface area contributed by atoms with Gasteiger partial charge >= 0.3 is 0 Å². The second-order valence-electron chi connectivity index (χ2n) is 7.75. The third kappa shape index (κ3) is 9.00. The number of methoxy groups -OCH3 is 1. The van der Waals surface area contributed by atoms with Gasteiger partial charge in [-0.15, -0.1) is 0 Å². The molecule has 1 fully saturated rings. The molecule has 30 heavy (non-hydrogen) atoms. The third-order valence-electron chi connectivity index (χ3n) is 5.35. The Labute approximate surface area is 182 Å². The molecule has 0 spiro atoms. The Balaban J connectivity index is 1.91. The van der Waals surface area contributed by atoms with Gasteiger partial charge in [0, 0.05) is 51.6 Å². The molecule has 170 valence electrons. The fourth-order valence-corrected chi connectivity index (χ4v) is 3.59. The van der Waals surface area contributed by atoms with Gasteiger partial charge in [-0.1, -0.05) is 30.3 Å². The van der Waals surface area contributed by atoms with Gasteiger partial charge in [-0.25, -0.2) is 0 Å². The van der Waals surface area contributed by atoms with Crippen LogP contribution in [0.5, 0.6) is 0 Å². The minimum atomic E-state index is -0.0564. The molecule has 1 heterocycles. The average molecular weight is 421 g/mol. The zero-order valence-electron chi connectivity index (χ0n) is 18.9. The fraction of sp³-hybridized carbons (Fsp3) is 0.696. The summed E-state index contributed by atoms with van der Waals surface area (Å²) < 4.78 is 16.2. The number of rotatable bonds is 13. The van der Waals surface area contributed by atoms with Crippen molar-refractivity contribution < 1.29 is 14.2 Å². The fourth-order valence-electron chi connectivity index (χ4n) is 3.59. The van der Waals surface area contributed by atoms with E-state index in [9.17, 15) is 0 Å². The van der Waals surface area contributed by atoms with Crippen molar-refractivity contribution in [3.8, 4) is 0 Å². The van der Waals surface area contributed by atoms with Crippen LogP contribution in [0.1, 0.15) is 44.7 Å². The highest BCUT2D eigenvalue weighted by molar-refractivity contribution is 5.79. The predicted molar refractivity (Wildman–Crippen MR) is 122 cm³/mol. The van der Waals surface area contributed by atoms with Crippen molar-refractivity contribution in [1.29, 1.82) is 0 Å². The number of hydrogen-bond acceptors (Lipinski definition) is 5. The second-order valence-corrected chi connectivity index (χ2v) is 7.75. The molecule has 1 aliphatic rings. The van der Waals surface area contributed by atoms with Crippen molar-refractivity contribution in [2.24, 2.45) is 4.99 Å². The number of ether oxygens (including phenoxy) is 3. The maximum absolute atomic E-state index is 5.64. The van der Waals surface area contributed by atoms with Crippen LogP contribution in [0.15, 0.2) is 35.3 Å². The van der Waals surface area contributed by atoms with Crippen LogP contribution in [0.2, 0.25) is 0 Å². The van der Waals surface area contributed by atoms with Gasteiger partial charge in [0.2, 0.25) is 0 Å². The lowest BCUT2D eigenvalue weighted by atomic mass is 9.88. The molecule has 0 aliphatic carbocycles. The molecule has 1 aromatic rings. The highest BCUT2D eigenvalue weighted by atomic mass is 16.5. The standard InChI is InChI=1S/C23H40N4O3/c1-4-24-22(25-13-8-14-29-18-17-28-3)26-19-23(11-15-30-16-12-23)27-20(2)21-9-6-5-7-10-21/h5-7,9-10,20,27H,4,8,11-19H2,1-3H3,(H2,24,25,26). The van der Waals surface area contributed by atoms with E-state index >= 15 is 0 Å². The minimum Gasteiger partial charge on any atom is -0.382 e. The smallest absolute Gasteiger partial charge is 0.191 e. The van der Waals surface area contributed by atoms with Crippen LogP contribution < -0.4 is 16.0 Å². The molecular weight excluding hydrogens is 380 g/mol. The van der Waals surface area contributed by atoms with Gasteiger partial charge in [0.05, 0.1) is 19.8 Å². The summed E-state index contributed by atoms with van der Waals surface area (Å²) in [6.07, 6.45) is 2.84. The Morgan fingerprint density at radius 2 is 1.90 bits per heavy atom. The topological polar surface area (TPSA) is 76.1 Å². The summed E-state index contributed by atoms with van der Waals surface area (Å²) in [7, 11) is 1.69. The van der Waals surface area contributed by atoms with Gasteiger partial charge in [-0.3, -0.25) is 4.99 Å². The molecule has 2 rings (SSSR count). The number of guanidine groups is 1. The number of nitrogens with zero attached hydrogens (tertiary/aromatic N) is 1. The monoisotopic (exact) mass is 420 g/mol. The van der Waals surface area contributed by atoms with E-state index < -0.39 is 0 Å². The summed E-state index contributed by atoms with van der Waals surface area (Å²) in [5, 5.41) is 10.6. The molecule has 0 amide bonds. The molecule has 1 aromatic carbocycles. The van der Waals surface area contributed by atoms with Crippen LogP contribution in [0.25, 0.3) is 0 Å². The quantitative estimate of drug-likeness (QED) is 0.259. The van der Waals surface area contributed by atoms with Crippen LogP contribution in [0, 0.1) is 0 Å². The molecule has 7 heteroatoms. The summed E-state index contributed by atoms with van der Waals surface area (Å²) in [5.74, 6) is 0.856. The number of nitrogens with one attached hydrogen (secondary N) is 3. The third-order valence-corrected chi connectivity index (χ3v) is 5.35. The first-order valence-electron chi connectivity index (χ1n) is 11.2. The summed E-state index contributed by atoms with van der Waals surface area (Å²) in [5.41, 5.74) is 1.24. The number of hydrogen-bond donors (Lipinski definition) is 3. The highest BCUT2D eigenvalue weighted by Crippen LogP contribution is 2.26. The zero-order chi connectivity index (χ0) is 21.5.